The van der Waals surface area contributed by atoms with E-state index in [9.17, 15) is 0 Å². The molecule has 0 radical (unpaired) electrons. The summed E-state index contributed by atoms with van der Waals surface area (Å²) in [4.78, 5) is 0. The monoisotopic (exact) mass is 505 g/mol. The van der Waals surface area contributed by atoms with Crippen LogP contribution in [0.3, 0.4) is 0 Å². The zero-order valence-electron chi connectivity index (χ0n) is 26.9. The Morgan fingerprint density at radius 2 is 0.667 bits per heavy atom. The normalized spacial score (nSPS) is 16.6. The van der Waals surface area contributed by atoms with Crippen LogP contribution in [0.1, 0.15) is 178 Å². The molecule has 0 bridgehead atoms. The highest BCUT2D eigenvalue weighted by atomic mass is 14.1. The van der Waals surface area contributed by atoms with Crippen LogP contribution in [-0.2, 0) is 0 Å². The van der Waals surface area contributed by atoms with Crippen molar-refractivity contribution >= 4 is 0 Å². The van der Waals surface area contributed by atoms with E-state index < -0.39 is 0 Å². The average Bonchev–Trinajstić information content (AvgIpc) is 2.78. The molecule has 0 heterocycles. The van der Waals surface area contributed by atoms with Gasteiger partial charge >= 0.3 is 0 Å². The van der Waals surface area contributed by atoms with E-state index in [1.54, 1.807) is 0 Å². The maximum atomic E-state index is 2.51. The molecule has 0 saturated heterocycles. The van der Waals surface area contributed by atoms with Gasteiger partial charge in [0.15, 0.2) is 0 Å². The molecule has 0 aliphatic heterocycles. The fourth-order valence-electron chi connectivity index (χ4n) is 5.75. The molecule has 0 amide bonds. The van der Waals surface area contributed by atoms with Crippen LogP contribution < -0.4 is 0 Å². The molecular formula is C36H72. The quantitative estimate of drug-likeness (QED) is 0.0856. The van der Waals surface area contributed by atoms with E-state index in [0.29, 0.717) is 0 Å². The highest BCUT2D eigenvalue weighted by Crippen LogP contribution is 2.23. The van der Waals surface area contributed by atoms with Crippen molar-refractivity contribution in [2.75, 3.05) is 0 Å². The van der Waals surface area contributed by atoms with Crippen LogP contribution in [0.25, 0.3) is 0 Å². The van der Waals surface area contributed by atoms with E-state index in [0.717, 1.165) is 41.4 Å². The molecule has 0 fully saturated rings. The molecule has 36 heavy (non-hydrogen) atoms. The molecular weight excluding hydrogens is 432 g/mol. The Hall–Kier alpha value is -0.260. The van der Waals surface area contributed by atoms with Crippen molar-refractivity contribution in [3.05, 3.63) is 12.2 Å². The minimum atomic E-state index is 0.757. The molecule has 0 aliphatic rings. The highest BCUT2D eigenvalue weighted by Gasteiger charge is 2.08. The first-order valence-corrected chi connectivity index (χ1v) is 16.8. The lowest BCUT2D eigenvalue weighted by atomic mass is 9.91. The predicted octanol–water partition coefficient (Wildman–Crippen LogP) is 13.1. The molecule has 0 aromatic carbocycles. The molecule has 216 valence electrons. The summed E-state index contributed by atoms with van der Waals surface area (Å²) < 4.78 is 0. The summed E-state index contributed by atoms with van der Waals surface area (Å²) in [6, 6.07) is 0. The Morgan fingerprint density at radius 1 is 0.361 bits per heavy atom. The lowest BCUT2D eigenvalue weighted by molar-refractivity contribution is 0.383. The summed E-state index contributed by atoms with van der Waals surface area (Å²) in [5, 5.41) is 0. The zero-order chi connectivity index (χ0) is 27.2. The van der Waals surface area contributed by atoms with Crippen molar-refractivity contribution in [3.63, 3.8) is 0 Å². The molecule has 5 unspecified atom stereocenters. The Morgan fingerprint density at radius 3 is 1.03 bits per heavy atom. The van der Waals surface area contributed by atoms with E-state index in [4.69, 9.17) is 0 Å². The van der Waals surface area contributed by atoms with Crippen molar-refractivity contribution < 1.29 is 0 Å². The van der Waals surface area contributed by atoms with Gasteiger partial charge in [-0.15, -0.1) is 0 Å². The average molecular weight is 505 g/mol. The third kappa shape index (κ3) is 25.4. The summed E-state index contributed by atoms with van der Waals surface area (Å²) in [5.74, 6) is 6.17. The van der Waals surface area contributed by atoms with Crippen molar-refractivity contribution in [2.45, 2.75) is 178 Å². The minimum Gasteiger partial charge on any atom is -0.0883 e. The van der Waals surface area contributed by atoms with Crippen molar-refractivity contribution in [1.82, 2.24) is 0 Å². The van der Waals surface area contributed by atoms with Crippen LogP contribution in [0.5, 0.6) is 0 Å². The molecule has 0 nitrogen and oxygen atoms in total. The van der Waals surface area contributed by atoms with E-state index in [2.05, 4.69) is 74.5 Å². The van der Waals surface area contributed by atoms with E-state index in [1.165, 1.54) is 116 Å². The minimum absolute atomic E-state index is 0.757. The number of rotatable bonds is 25. The summed E-state index contributed by atoms with van der Waals surface area (Å²) in [6.45, 7) is 21.7. The van der Waals surface area contributed by atoms with Crippen molar-refractivity contribution in [1.29, 1.82) is 0 Å². The lowest BCUT2D eigenvalue weighted by Gasteiger charge is -2.15. The number of hydrogen-bond acceptors (Lipinski definition) is 0. The summed E-state index contributed by atoms with van der Waals surface area (Å²) in [6.07, 6.45) is 30.4. The lowest BCUT2D eigenvalue weighted by Crippen LogP contribution is -2.01. The molecule has 0 aliphatic carbocycles. The zero-order valence-corrected chi connectivity index (χ0v) is 26.9. The van der Waals surface area contributed by atoms with Gasteiger partial charge < -0.3 is 0 Å². The Labute approximate surface area is 231 Å². The van der Waals surface area contributed by atoms with Crippen LogP contribution in [0, 0.1) is 41.4 Å². The smallest absolute Gasteiger partial charge is 0.0262 e. The second-order valence-electron chi connectivity index (χ2n) is 14.2. The first-order valence-electron chi connectivity index (χ1n) is 16.8. The van der Waals surface area contributed by atoms with Gasteiger partial charge in [0.05, 0.1) is 0 Å². The molecule has 5 atom stereocenters. The molecule has 0 aromatic heterocycles. The van der Waals surface area contributed by atoms with Gasteiger partial charge in [0.25, 0.3) is 0 Å². The van der Waals surface area contributed by atoms with Crippen LogP contribution in [0.15, 0.2) is 12.2 Å². The Balaban J connectivity index is 3.66. The van der Waals surface area contributed by atoms with Gasteiger partial charge in [-0.05, 0) is 60.7 Å². The van der Waals surface area contributed by atoms with Gasteiger partial charge in [-0.1, -0.05) is 171 Å². The summed E-state index contributed by atoms with van der Waals surface area (Å²) in [5.41, 5.74) is 0. The molecule has 0 saturated carbocycles. The fraction of sp³-hybridized carbons (Fsp3) is 0.944. The second-order valence-corrected chi connectivity index (χ2v) is 14.2. The Bertz CT molecular complexity index is 472. The SMILES string of the molecule is CC(C)CCCC(C)CCCC(C)CCC/C=C\C(C)CCCC(C)CCCC(C)CCCC(C)C. The second kappa shape index (κ2) is 23.8. The van der Waals surface area contributed by atoms with E-state index in [1.807, 2.05) is 0 Å². The number of hydrogen-bond donors (Lipinski definition) is 0. The van der Waals surface area contributed by atoms with Crippen molar-refractivity contribution in [2.24, 2.45) is 41.4 Å². The van der Waals surface area contributed by atoms with Crippen LogP contribution >= 0.6 is 0 Å². The summed E-state index contributed by atoms with van der Waals surface area (Å²) in [7, 11) is 0. The van der Waals surface area contributed by atoms with E-state index in [-0.39, 0.29) is 0 Å². The van der Waals surface area contributed by atoms with Gasteiger partial charge in [-0.25, -0.2) is 0 Å². The predicted molar refractivity (Wildman–Crippen MR) is 168 cm³/mol. The molecule has 0 spiro atoms. The maximum Gasteiger partial charge on any atom is -0.0262 e. The van der Waals surface area contributed by atoms with Crippen LogP contribution in [0.4, 0.5) is 0 Å². The van der Waals surface area contributed by atoms with Crippen LogP contribution in [0.2, 0.25) is 0 Å². The largest absolute Gasteiger partial charge is 0.0883 e. The third-order valence-electron chi connectivity index (χ3n) is 8.63. The molecule has 0 heteroatoms. The summed E-state index contributed by atoms with van der Waals surface area (Å²) >= 11 is 0. The maximum absolute atomic E-state index is 2.51. The number of allylic oxidation sites excluding steroid dienone is 2. The molecule has 0 aromatic rings. The van der Waals surface area contributed by atoms with Crippen LogP contribution in [-0.4, -0.2) is 0 Å². The highest BCUT2D eigenvalue weighted by molar-refractivity contribution is 4.86. The van der Waals surface area contributed by atoms with Gasteiger partial charge in [-0.3, -0.25) is 0 Å². The van der Waals surface area contributed by atoms with Gasteiger partial charge in [0.2, 0.25) is 0 Å². The third-order valence-corrected chi connectivity index (χ3v) is 8.63. The first-order chi connectivity index (χ1) is 17.1. The standard InChI is InChI=1S/C36H72/c1-30(2)18-13-22-34(7)26-15-24-32(5)20-11-10-12-21-33(6)25-16-28-36(9)29-17-27-35(8)23-14-19-31(3)4/h12,21,30-36H,10-11,13-20,22-29H2,1-9H3/b21-12-. The van der Waals surface area contributed by atoms with Crippen molar-refractivity contribution in [3.8, 4) is 0 Å². The first kappa shape index (κ1) is 35.7. The topological polar surface area (TPSA) is 0 Å². The van der Waals surface area contributed by atoms with Gasteiger partial charge in [0, 0.05) is 0 Å². The molecule has 0 N–H and O–H groups in total. The Kier molecular flexibility index (Phi) is 23.7. The molecule has 0 rings (SSSR count). The number of unbranched alkanes of at least 4 members (excludes halogenated alkanes) is 1. The van der Waals surface area contributed by atoms with Gasteiger partial charge in [0.1, 0.15) is 0 Å². The van der Waals surface area contributed by atoms with Gasteiger partial charge in [-0.2, -0.15) is 0 Å². The fourth-order valence-corrected chi connectivity index (χ4v) is 5.75. The van der Waals surface area contributed by atoms with E-state index >= 15 is 0 Å².